The molecule has 5 nitrogen and oxygen atoms in total. The fourth-order valence-corrected chi connectivity index (χ4v) is 4.06. The minimum absolute atomic E-state index is 0.193. The van der Waals surface area contributed by atoms with Gasteiger partial charge in [0.2, 0.25) is 0 Å². The second-order valence-electron chi connectivity index (χ2n) is 5.26. The molecule has 1 aromatic carbocycles. The van der Waals surface area contributed by atoms with Crippen LogP contribution in [0.5, 0.6) is 0 Å². The lowest BCUT2D eigenvalue weighted by Crippen LogP contribution is -2.31. The van der Waals surface area contributed by atoms with E-state index in [2.05, 4.69) is 16.0 Å². The zero-order valence-corrected chi connectivity index (χ0v) is 12.9. The Morgan fingerprint density at radius 2 is 2.05 bits per heavy atom. The Balaban J connectivity index is 1.92. The van der Waals surface area contributed by atoms with E-state index in [-0.39, 0.29) is 5.03 Å². The van der Waals surface area contributed by atoms with Gasteiger partial charge in [-0.3, -0.25) is 0 Å². The summed E-state index contributed by atoms with van der Waals surface area (Å²) < 4.78 is 27.0. The van der Waals surface area contributed by atoms with E-state index in [9.17, 15) is 8.42 Å². The third kappa shape index (κ3) is 2.73. The normalized spacial score (nSPS) is 16.4. The summed E-state index contributed by atoms with van der Waals surface area (Å²) in [5.74, 6) is 0.698. The van der Waals surface area contributed by atoms with Crippen molar-refractivity contribution >= 4 is 10.0 Å². The lowest BCUT2D eigenvalue weighted by molar-refractivity contribution is 0.408. The number of nitrogens with one attached hydrogen (secondary N) is 1. The SMILES string of the molecule is CCc1ncc(S(=O)(=O)N2CCCc3ccccc3C2)[nH]1. The van der Waals surface area contributed by atoms with Crippen LogP contribution in [-0.2, 0) is 29.4 Å². The lowest BCUT2D eigenvalue weighted by atomic mass is 10.0. The van der Waals surface area contributed by atoms with Crippen molar-refractivity contribution in [2.24, 2.45) is 0 Å². The zero-order chi connectivity index (χ0) is 14.9. The summed E-state index contributed by atoms with van der Waals surface area (Å²) in [5, 5.41) is 0.193. The third-order valence-corrected chi connectivity index (χ3v) is 5.63. The molecule has 3 rings (SSSR count). The van der Waals surface area contributed by atoms with Crippen LogP contribution in [0.4, 0.5) is 0 Å². The van der Waals surface area contributed by atoms with E-state index in [1.807, 2.05) is 25.1 Å². The number of fused-ring (bicyclic) bond motifs is 1. The summed E-state index contributed by atoms with van der Waals surface area (Å²) in [6, 6.07) is 8.05. The number of hydrogen-bond acceptors (Lipinski definition) is 3. The number of benzene rings is 1. The molecule has 112 valence electrons. The van der Waals surface area contributed by atoms with E-state index in [4.69, 9.17) is 0 Å². The molecule has 0 saturated carbocycles. The van der Waals surface area contributed by atoms with Gasteiger partial charge in [-0.2, -0.15) is 4.31 Å². The molecule has 2 aromatic rings. The highest BCUT2D eigenvalue weighted by Crippen LogP contribution is 2.23. The largest absolute Gasteiger partial charge is 0.332 e. The van der Waals surface area contributed by atoms with Gasteiger partial charge in [0.25, 0.3) is 10.0 Å². The summed E-state index contributed by atoms with van der Waals surface area (Å²) in [7, 11) is -3.50. The van der Waals surface area contributed by atoms with E-state index < -0.39 is 10.0 Å². The molecule has 0 fully saturated rings. The van der Waals surface area contributed by atoms with Crippen molar-refractivity contribution < 1.29 is 8.42 Å². The third-order valence-electron chi connectivity index (χ3n) is 3.88. The van der Waals surface area contributed by atoms with Crippen LogP contribution in [0.1, 0.15) is 30.3 Å². The van der Waals surface area contributed by atoms with Gasteiger partial charge >= 0.3 is 0 Å². The number of imidazole rings is 1. The van der Waals surface area contributed by atoms with Crippen molar-refractivity contribution in [2.75, 3.05) is 6.54 Å². The van der Waals surface area contributed by atoms with Crippen LogP contribution < -0.4 is 0 Å². The molecule has 0 amide bonds. The molecule has 1 aliphatic heterocycles. The fraction of sp³-hybridized carbons (Fsp3) is 0.400. The maximum atomic E-state index is 12.7. The molecule has 1 aromatic heterocycles. The summed E-state index contributed by atoms with van der Waals surface area (Å²) in [5.41, 5.74) is 2.34. The van der Waals surface area contributed by atoms with Crippen molar-refractivity contribution in [3.05, 3.63) is 47.4 Å². The van der Waals surface area contributed by atoms with Crippen LogP contribution in [0.3, 0.4) is 0 Å². The molecule has 6 heteroatoms. The molecule has 0 aliphatic carbocycles. The summed E-state index contributed by atoms with van der Waals surface area (Å²) in [4.78, 5) is 7.01. The lowest BCUT2D eigenvalue weighted by Gasteiger charge is -2.19. The molecule has 0 atom stereocenters. The minimum Gasteiger partial charge on any atom is -0.332 e. The molecular formula is C15H19N3O2S. The van der Waals surface area contributed by atoms with Crippen molar-refractivity contribution in [2.45, 2.75) is 37.8 Å². The minimum atomic E-state index is -3.50. The molecule has 21 heavy (non-hydrogen) atoms. The smallest absolute Gasteiger partial charge is 0.260 e. The summed E-state index contributed by atoms with van der Waals surface area (Å²) >= 11 is 0. The van der Waals surface area contributed by atoms with Gasteiger partial charge < -0.3 is 4.98 Å². The number of aryl methyl sites for hydroxylation is 2. The van der Waals surface area contributed by atoms with Crippen LogP contribution in [0, 0.1) is 0 Å². The molecular weight excluding hydrogens is 286 g/mol. The highest BCUT2D eigenvalue weighted by atomic mass is 32.2. The highest BCUT2D eigenvalue weighted by Gasteiger charge is 2.28. The average molecular weight is 305 g/mol. The van der Waals surface area contributed by atoms with Crippen molar-refractivity contribution in [1.82, 2.24) is 14.3 Å². The standard InChI is InChI=1S/C15H19N3O2S/c1-2-14-16-10-15(17-14)21(19,20)18-9-5-8-12-6-3-4-7-13(12)11-18/h3-4,6-7,10H,2,5,8-9,11H2,1H3,(H,16,17). The fourth-order valence-electron chi connectivity index (χ4n) is 2.67. The van der Waals surface area contributed by atoms with Gasteiger partial charge in [-0.1, -0.05) is 31.2 Å². The Labute approximate surface area is 125 Å². The van der Waals surface area contributed by atoms with Crippen molar-refractivity contribution in [3.8, 4) is 0 Å². The Morgan fingerprint density at radius 1 is 1.29 bits per heavy atom. The number of H-pyrrole nitrogens is 1. The quantitative estimate of drug-likeness (QED) is 0.944. The van der Waals surface area contributed by atoms with Gasteiger partial charge in [-0.15, -0.1) is 0 Å². The number of sulfonamides is 1. The first-order chi connectivity index (χ1) is 10.1. The van der Waals surface area contributed by atoms with Crippen LogP contribution in [0.25, 0.3) is 0 Å². The maximum Gasteiger partial charge on any atom is 0.260 e. The molecule has 1 aliphatic rings. The van der Waals surface area contributed by atoms with Gasteiger partial charge in [0.1, 0.15) is 5.82 Å². The molecule has 1 N–H and O–H groups in total. The number of hydrogen-bond donors (Lipinski definition) is 1. The topological polar surface area (TPSA) is 66.1 Å². The maximum absolute atomic E-state index is 12.7. The zero-order valence-electron chi connectivity index (χ0n) is 12.0. The molecule has 0 spiro atoms. The van der Waals surface area contributed by atoms with Crippen LogP contribution in [0.15, 0.2) is 35.5 Å². The molecule has 0 radical (unpaired) electrons. The van der Waals surface area contributed by atoms with Gasteiger partial charge in [0.15, 0.2) is 5.03 Å². The Hall–Kier alpha value is -1.66. The Kier molecular flexibility index (Phi) is 3.82. The first-order valence-corrected chi connectivity index (χ1v) is 8.66. The van der Waals surface area contributed by atoms with E-state index in [1.165, 1.54) is 11.8 Å². The molecule has 2 heterocycles. The first kappa shape index (κ1) is 14.3. The number of aromatic nitrogens is 2. The summed E-state index contributed by atoms with van der Waals surface area (Å²) in [6.45, 7) is 2.91. The van der Waals surface area contributed by atoms with Gasteiger partial charge in [0, 0.05) is 19.5 Å². The highest BCUT2D eigenvalue weighted by molar-refractivity contribution is 7.89. The van der Waals surface area contributed by atoms with Crippen molar-refractivity contribution in [3.63, 3.8) is 0 Å². The predicted molar refractivity (Wildman–Crippen MR) is 80.3 cm³/mol. The van der Waals surface area contributed by atoms with Crippen molar-refractivity contribution in [1.29, 1.82) is 0 Å². The Bertz CT molecular complexity index is 737. The first-order valence-electron chi connectivity index (χ1n) is 7.22. The number of nitrogens with zero attached hydrogens (tertiary/aromatic N) is 2. The second-order valence-corrected chi connectivity index (χ2v) is 7.16. The average Bonchev–Trinajstić information content (AvgIpc) is 2.87. The number of aromatic amines is 1. The molecule has 0 bridgehead atoms. The van der Waals surface area contributed by atoms with Gasteiger partial charge in [-0.05, 0) is 24.0 Å². The van der Waals surface area contributed by atoms with E-state index in [0.717, 1.165) is 18.4 Å². The van der Waals surface area contributed by atoms with Gasteiger partial charge in [0.05, 0.1) is 6.20 Å². The second kappa shape index (κ2) is 5.61. The van der Waals surface area contributed by atoms with Crippen LogP contribution in [-0.4, -0.2) is 29.2 Å². The Morgan fingerprint density at radius 3 is 2.76 bits per heavy atom. The monoisotopic (exact) mass is 305 g/mol. The number of rotatable bonds is 3. The predicted octanol–water partition coefficient (Wildman–Crippen LogP) is 2.11. The van der Waals surface area contributed by atoms with E-state index in [1.54, 1.807) is 4.31 Å². The summed E-state index contributed by atoms with van der Waals surface area (Å²) in [6.07, 6.45) is 3.87. The molecule has 0 saturated heterocycles. The van der Waals surface area contributed by atoms with Crippen LogP contribution >= 0.6 is 0 Å². The van der Waals surface area contributed by atoms with Gasteiger partial charge in [-0.25, -0.2) is 13.4 Å². The molecule has 0 unspecified atom stereocenters. The van der Waals surface area contributed by atoms with E-state index in [0.29, 0.717) is 25.3 Å². The van der Waals surface area contributed by atoms with Crippen LogP contribution in [0.2, 0.25) is 0 Å². The van der Waals surface area contributed by atoms with E-state index >= 15 is 0 Å².